The summed E-state index contributed by atoms with van der Waals surface area (Å²) in [5, 5.41) is 26.8. The normalized spacial score (nSPS) is 16.7. The van der Waals surface area contributed by atoms with Crippen LogP contribution >= 0.6 is 11.3 Å². The van der Waals surface area contributed by atoms with Crippen LogP contribution in [0, 0.1) is 5.92 Å². The fourth-order valence-corrected chi connectivity index (χ4v) is 4.43. The number of carbonyl (C=O) groups is 2. The van der Waals surface area contributed by atoms with Gasteiger partial charge in [-0.25, -0.2) is 4.79 Å². The summed E-state index contributed by atoms with van der Waals surface area (Å²) in [6.45, 7) is 0.716. The first-order valence-electron chi connectivity index (χ1n) is 9.73. The highest BCUT2D eigenvalue weighted by Crippen LogP contribution is 2.27. The van der Waals surface area contributed by atoms with E-state index in [2.05, 4.69) is 20.6 Å². The summed E-state index contributed by atoms with van der Waals surface area (Å²) >= 11 is 1.40. The van der Waals surface area contributed by atoms with Crippen molar-refractivity contribution in [1.82, 2.24) is 9.97 Å². The molecule has 2 aromatic heterocycles. The molecule has 7 N–H and O–H groups in total. The van der Waals surface area contributed by atoms with Gasteiger partial charge in [0.15, 0.2) is 0 Å². The van der Waals surface area contributed by atoms with Gasteiger partial charge in [-0.05, 0) is 55.0 Å². The standard InChI is InChI=1S/C19H25N5O5S/c20-19-23-16-12(17(27)24-19)7-10(5-6-21-16)1-2-11-8-14(30-9-11)22-13(18(28)29)3-4-15(25)26/h8-10,13,22H,1-7H2,(H,25,26)(H,28,29)(H4,20,21,23,24,27)/t10?,13-/m0/s1. The van der Waals surface area contributed by atoms with Crippen LogP contribution in [-0.4, -0.2) is 44.7 Å². The molecule has 0 aliphatic carbocycles. The Labute approximate surface area is 176 Å². The van der Waals surface area contributed by atoms with Gasteiger partial charge in [0.1, 0.15) is 11.9 Å². The molecule has 2 atom stereocenters. The van der Waals surface area contributed by atoms with Crippen LogP contribution in [0.25, 0.3) is 0 Å². The summed E-state index contributed by atoms with van der Waals surface area (Å²) in [7, 11) is 0. The lowest BCUT2D eigenvalue weighted by atomic mass is 9.92. The number of nitrogens with one attached hydrogen (secondary N) is 3. The Kier molecular flexibility index (Phi) is 6.93. The molecule has 0 fully saturated rings. The van der Waals surface area contributed by atoms with Crippen LogP contribution in [-0.2, 0) is 22.4 Å². The number of H-pyrrole nitrogens is 1. The number of hydrogen-bond donors (Lipinski definition) is 6. The van der Waals surface area contributed by atoms with E-state index < -0.39 is 18.0 Å². The van der Waals surface area contributed by atoms with E-state index in [1.165, 1.54) is 11.3 Å². The predicted octanol–water partition coefficient (Wildman–Crippen LogP) is 1.75. The van der Waals surface area contributed by atoms with Crippen molar-refractivity contribution in [3.63, 3.8) is 0 Å². The number of aryl methyl sites for hydroxylation is 1. The highest BCUT2D eigenvalue weighted by Gasteiger charge is 2.22. The summed E-state index contributed by atoms with van der Waals surface area (Å²) in [4.78, 5) is 41.0. The molecular formula is C19H25N5O5S. The number of carboxylic acids is 2. The van der Waals surface area contributed by atoms with Crippen LogP contribution in [0.3, 0.4) is 0 Å². The molecule has 1 unspecified atom stereocenters. The van der Waals surface area contributed by atoms with Crippen molar-refractivity contribution in [3.05, 3.63) is 32.9 Å². The van der Waals surface area contributed by atoms with E-state index in [4.69, 9.17) is 10.8 Å². The SMILES string of the molecule is Nc1nc2c(c(=O)[nH]1)CC(CCc1csc(N[C@@H](CCC(=O)O)C(=O)O)c1)CCN2. The van der Waals surface area contributed by atoms with Gasteiger partial charge in [0, 0.05) is 13.0 Å². The van der Waals surface area contributed by atoms with E-state index in [0.717, 1.165) is 24.8 Å². The molecule has 0 spiro atoms. The number of aromatic amines is 1. The third kappa shape index (κ3) is 5.72. The van der Waals surface area contributed by atoms with Gasteiger partial charge in [-0.3, -0.25) is 14.6 Å². The number of aromatic nitrogens is 2. The second-order valence-electron chi connectivity index (χ2n) is 7.39. The van der Waals surface area contributed by atoms with Crippen LogP contribution in [0.5, 0.6) is 0 Å². The number of anilines is 3. The molecule has 30 heavy (non-hydrogen) atoms. The van der Waals surface area contributed by atoms with E-state index in [1.807, 2.05) is 11.4 Å². The van der Waals surface area contributed by atoms with E-state index in [1.54, 1.807) is 0 Å². The lowest BCUT2D eigenvalue weighted by Crippen LogP contribution is -2.29. The maximum Gasteiger partial charge on any atom is 0.326 e. The first kappa shape index (κ1) is 21.6. The molecule has 0 bridgehead atoms. The van der Waals surface area contributed by atoms with Gasteiger partial charge in [0.2, 0.25) is 5.95 Å². The number of nitrogen functional groups attached to an aromatic ring is 1. The van der Waals surface area contributed by atoms with Crippen molar-refractivity contribution in [2.75, 3.05) is 22.9 Å². The summed E-state index contributed by atoms with van der Waals surface area (Å²) in [6.07, 6.45) is 3.00. The van der Waals surface area contributed by atoms with E-state index in [9.17, 15) is 19.5 Å². The Balaban J connectivity index is 1.57. The van der Waals surface area contributed by atoms with E-state index >= 15 is 0 Å². The van der Waals surface area contributed by atoms with Crippen molar-refractivity contribution in [1.29, 1.82) is 0 Å². The van der Waals surface area contributed by atoms with Crippen molar-refractivity contribution in [2.45, 2.75) is 44.6 Å². The number of rotatable bonds is 9. The lowest BCUT2D eigenvalue weighted by Gasteiger charge is -2.13. The molecule has 0 aromatic carbocycles. The molecule has 0 saturated carbocycles. The Bertz CT molecular complexity index is 972. The van der Waals surface area contributed by atoms with E-state index in [-0.39, 0.29) is 24.3 Å². The maximum atomic E-state index is 12.2. The van der Waals surface area contributed by atoms with Crippen molar-refractivity contribution in [3.8, 4) is 0 Å². The van der Waals surface area contributed by atoms with Gasteiger partial charge >= 0.3 is 11.9 Å². The monoisotopic (exact) mass is 435 g/mol. The van der Waals surface area contributed by atoms with Crippen LogP contribution < -0.4 is 21.9 Å². The first-order chi connectivity index (χ1) is 14.3. The zero-order valence-electron chi connectivity index (χ0n) is 16.3. The number of fused-ring (bicyclic) bond motifs is 1. The van der Waals surface area contributed by atoms with Gasteiger partial charge in [-0.15, -0.1) is 11.3 Å². The highest BCUT2D eigenvalue weighted by atomic mass is 32.1. The molecule has 162 valence electrons. The smallest absolute Gasteiger partial charge is 0.326 e. The molecule has 0 amide bonds. The van der Waals surface area contributed by atoms with Gasteiger partial charge in [-0.1, -0.05) is 0 Å². The van der Waals surface area contributed by atoms with Crippen molar-refractivity contribution < 1.29 is 19.8 Å². The number of aliphatic carboxylic acids is 2. The molecule has 1 aliphatic rings. The minimum atomic E-state index is -1.07. The van der Waals surface area contributed by atoms with Crippen LogP contribution in [0.15, 0.2) is 16.2 Å². The molecule has 2 aromatic rings. The zero-order chi connectivity index (χ0) is 21.7. The summed E-state index contributed by atoms with van der Waals surface area (Å²) in [6, 6.07) is 0.961. The number of nitrogens with zero attached hydrogens (tertiary/aromatic N) is 1. The van der Waals surface area contributed by atoms with Crippen molar-refractivity contribution in [2.24, 2.45) is 5.92 Å². The average molecular weight is 436 g/mol. The first-order valence-corrected chi connectivity index (χ1v) is 10.6. The fourth-order valence-electron chi connectivity index (χ4n) is 3.53. The van der Waals surface area contributed by atoms with Crippen molar-refractivity contribution >= 4 is 40.0 Å². The fraction of sp³-hybridized carbons (Fsp3) is 0.474. The maximum absolute atomic E-state index is 12.2. The third-order valence-electron chi connectivity index (χ3n) is 5.13. The van der Waals surface area contributed by atoms with Crippen LogP contribution in [0.4, 0.5) is 16.8 Å². The van der Waals surface area contributed by atoms with Crippen LogP contribution in [0.1, 0.15) is 36.8 Å². The largest absolute Gasteiger partial charge is 0.481 e. The second kappa shape index (κ2) is 9.61. The van der Waals surface area contributed by atoms with Gasteiger partial charge < -0.3 is 26.6 Å². The summed E-state index contributed by atoms with van der Waals surface area (Å²) in [5.41, 5.74) is 7.11. The average Bonchev–Trinajstić information content (AvgIpc) is 3.01. The predicted molar refractivity (Wildman–Crippen MR) is 114 cm³/mol. The number of thiophene rings is 1. The number of nitrogens with two attached hydrogens (primary N) is 1. The second-order valence-corrected chi connectivity index (χ2v) is 8.30. The number of carboxylic acid groups (broad SMARTS) is 2. The van der Waals surface area contributed by atoms with Gasteiger partial charge in [0.25, 0.3) is 5.56 Å². The van der Waals surface area contributed by atoms with E-state index in [0.29, 0.717) is 35.3 Å². The molecule has 1 aliphatic heterocycles. The topological polar surface area (TPSA) is 170 Å². The Morgan fingerprint density at radius 2 is 2.20 bits per heavy atom. The molecule has 11 heteroatoms. The van der Waals surface area contributed by atoms with Gasteiger partial charge in [-0.2, -0.15) is 4.98 Å². The highest BCUT2D eigenvalue weighted by molar-refractivity contribution is 7.14. The lowest BCUT2D eigenvalue weighted by molar-refractivity contribution is -0.139. The number of hydrogen-bond acceptors (Lipinski definition) is 8. The quantitative estimate of drug-likeness (QED) is 0.343. The zero-order valence-corrected chi connectivity index (χ0v) is 17.1. The molecule has 3 heterocycles. The molecule has 0 saturated heterocycles. The molecule has 3 rings (SSSR count). The van der Waals surface area contributed by atoms with Gasteiger partial charge in [0.05, 0.1) is 10.6 Å². The third-order valence-corrected chi connectivity index (χ3v) is 6.04. The summed E-state index contributed by atoms with van der Waals surface area (Å²) < 4.78 is 0. The van der Waals surface area contributed by atoms with Crippen LogP contribution in [0.2, 0.25) is 0 Å². The Hall–Kier alpha value is -3.08. The Morgan fingerprint density at radius 1 is 1.40 bits per heavy atom. The summed E-state index contributed by atoms with van der Waals surface area (Å²) in [5.74, 6) is -1.13. The Morgan fingerprint density at radius 3 is 2.93 bits per heavy atom. The molecule has 10 nitrogen and oxygen atoms in total. The minimum absolute atomic E-state index is 0.0134. The molecule has 0 radical (unpaired) electrons. The minimum Gasteiger partial charge on any atom is -0.481 e. The molecular weight excluding hydrogens is 410 g/mol.